The maximum atomic E-state index is 11.4. The summed E-state index contributed by atoms with van der Waals surface area (Å²) in [7, 11) is 0. The number of terminal acetylenes is 1. The Bertz CT molecular complexity index is 627. The predicted octanol–water partition coefficient (Wildman–Crippen LogP) is 2.39. The third-order valence-electron chi connectivity index (χ3n) is 2.32. The summed E-state index contributed by atoms with van der Waals surface area (Å²) in [5, 5.41) is 0.875. The Labute approximate surface area is 87.5 Å². The molecule has 0 saturated heterocycles. The molecule has 2 heteroatoms. The van der Waals surface area contributed by atoms with Crippen LogP contribution in [0.1, 0.15) is 16.7 Å². The molecule has 0 unspecified atom stereocenters. The van der Waals surface area contributed by atoms with Crippen molar-refractivity contribution in [1.29, 1.82) is 0 Å². The number of benzene rings is 1. The van der Waals surface area contributed by atoms with E-state index in [2.05, 4.69) is 5.92 Å². The van der Waals surface area contributed by atoms with Gasteiger partial charge < -0.3 is 4.42 Å². The molecule has 0 amide bonds. The lowest BCUT2D eigenvalue weighted by Gasteiger charge is -2.02. The van der Waals surface area contributed by atoms with Gasteiger partial charge in [-0.3, -0.25) is 0 Å². The van der Waals surface area contributed by atoms with Crippen molar-refractivity contribution in [2.75, 3.05) is 0 Å². The Morgan fingerprint density at radius 3 is 2.67 bits per heavy atom. The fourth-order valence-corrected chi connectivity index (χ4v) is 1.70. The van der Waals surface area contributed by atoms with Crippen LogP contribution in [0, 0.1) is 26.2 Å². The van der Waals surface area contributed by atoms with Crippen LogP contribution < -0.4 is 5.63 Å². The minimum Gasteiger partial charge on any atom is -0.422 e. The summed E-state index contributed by atoms with van der Waals surface area (Å²) in [6, 6.07) is 5.62. The van der Waals surface area contributed by atoms with Gasteiger partial charge >= 0.3 is 5.63 Å². The Hall–Kier alpha value is -2.01. The van der Waals surface area contributed by atoms with Gasteiger partial charge in [-0.15, -0.1) is 6.42 Å². The van der Waals surface area contributed by atoms with E-state index in [0.717, 1.165) is 16.5 Å². The van der Waals surface area contributed by atoms with Crippen LogP contribution in [0.5, 0.6) is 0 Å². The molecule has 0 aliphatic rings. The first-order valence-electron chi connectivity index (χ1n) is 4.63. The standard InChI is InChI=1S/C13H10O2/c1-4-10-7-11-6-8(2)5-9(3)12(11)15-13(10)14/h1,5-7H,2-3H3. The summed E-state index contributed by atoms with van der Waals surface area (Å²) >= 11 is 0. The van der Waals surface area contributed by atoms with Crippen molar-refractivity contribution >= 4 is 11.0 Å². The highest BCUT2D eigenvalue weighted by Gasteiger charge is 2.05. The van der Waals surface area contributed by atoms with E-state index in [1.165, 1.54) is 0 Å². The molecule has 0 atom stereocenters. The smallest absolute Gasteiger partial charge is 0.352 e. The number of rotatable bonds is 0. The summed E-state index contributed by atoms with van der Waals surface area (Å²) in [4.78, 5) is 11.4. The van der Waals surface area contributed by atoms with Crippen LogP contribution in [0.25, 0.3) is 11.0 Å². The van der Waals surface area contributed by atoms with E-state index in [-0.39, 0.29) is 5.56 Å². The Kier molecular flexibility index (Phi) is 2.09. The van der Waals surface area contributed by atoms with E-state index in [1.54, 1.807) is 6.07 Å². The van der Waals surface area contributed by atoms with E-state index in [9.17, 15) is 4.79 Å². The second kappa shape index (κ2) is 3.29. The largest absolute Gasteiger partial charge is 0.422 e. The highest BCUT2D eigenvalue weighted by molar-refractivity contribution is 5.81. The van der Waals surface area contributed by atoms with Gasteiger partial charge in [0.05, 0.1) is 0 Å². The average molecular weight is 198 g/mol. The summed E-state index contributed by atoms with van der Waals surface area (Å²) in [6.07, 6.45) is 5.21. The fourth-order valence-electron chi connectivity index (χ4n) is 1.70. The van der Waals surface area contributed by atoms with E-state index in [1.807, 2.05) is 26.0 Å². The van der Waals surface area contributed by atoms with Gasteiger partial charge in [-0.1, -0.05) is 17.6 Å². The van der Waals surface area contributed by atoms with Gasteiger partial charge in [0.15, 0.2) is 0 Å². The second-order valence-electron chi connectivity index (χ2n) is 3.59. The van der Waals surface area contributed by atoms with Gasteiger partial charge in [-0.05, 0) is 31.5 Å². The van der Waals surface area contributed by atoms with Crippen LogP contribution in [0.2, 0.25) is 0 Å². The molecule has 1 aromatic heterocycles. The molecular weight excluding hydrogens is 188 g/mol. The molecule has 2 nitrogen and oxygen atoms in total. The van der Waals surface area contributed by atoms with Crippen LogP contribution in [0.15, 0.2) is 27.4 Å². The minimum absolute atomic E-state index is 0.271. The van der Waals surface area contributed by atoms with Gasteiger partial charge in [-0.25, -0.2) is 4.79 Å². The third-order valence-corrected chi connectivity index (χ3v) is 2.32. The van der Waals surface area contributed by atoms with Gasteiger partial charge in [0, 0.05) is 5.39 Å². The monoisotopic (exact) mass is 198 g/mol. The zero-order valence-corrected chi connectivity index (χ0v) is 8.63. The van der Waals surface area contributed by atoms with Gasteiger partial charge in [0.2, 0.25) is 0 Å². The molecule has 1 heterocycles. The van der Waals surface area contributed by atoms with Crippen LogP contribution in [0.3, 0.4) is 0 Å². The van der Waals surface area contributed by atoms with Crippen molar-refractivity contribution in [2.45, 2.75) is 13.8 Å². The topological polar surface area (TPSA) is 30.2 Å². The molecular formula is C13H10O2. The van der Waals surface area contributed by atoms with E-state index >= 15 is 0 Å². The molecule has 15 heavy (non-hydrogen) atoms. The summed E-state index contributed by atoms with van der Waals surface area (Å²) in [5.41, 5.74) is 2.51. The minimum atomic E-state index is -0.447. The molecule has 0 N–H and O–H groups in total. The molecule has 0 saturated carbocycles. The zero-order chi connectivity index (χ0) is 11.0. The normalized spacial score (nSPS) is 10.2. The van der Waals surface area contributed by atoms with Crippen molar-refractivity contribution in [3.63, 3.8) is 0 Å². The van der Waals surface area contributed by atoms with E-state index < -0.39 is 5.63 Å². The molecule has 0 aliphatic carbocycles. The maximum absolute atomic E-state index is 11.4. The number of hydrogen-bond acceptors (Lipinski definition) is 2. The van der Waals surface area contributed by atoms with Crippen molar-refractivity contribution < 1.29 is 4.42 Å². The summed E-state index contributed by atoms with van der Waals surface area (Å²) in [6.45, 7) is 3.90. The van der Waals surface area contributed by atoms with Crippen LogP contribution in [0.4, 0.5) is 0 Å². The number of fused-ring (bicyclic) bond motifs is 1. The van der Waals surface area contributed by atoms with E-state index in [4.69, 9.17) is 10.8 Å². The molecule has 0 spiro atoms. The maximum Gasteiger partial charge on any atom is 0.352 e. The molecule has 0 aliphatic heterocycles. The Balaban J connectivity index is 2.95. The van der Waals surface area contributed by atoms with Crippen molar-refractivity contribution in [3.8, 4) is 12.3 Å². The molecule has 0 bridgehead atoms. The first-order chi connectivity index (χ1) is 7.11. The van der Waals surface area contributed by atoms with Crippen LogP contribution in [-0.2, 0) is 0 Å². The lowest BCUT2D eigenvalue weighted by Crippen LogP contribution is -2.03. The zero-order valence-electron chi connectivity index (χ0n) is 8.63. The summed E-state index contributed by atoms with van der Waals surface area (Å²) < 4.78 is 5.17. The van der Waals surface area contributed by atoms with Crippen molar-refractivity contribution in [1.82, 2.24) is 0 Å². The second-order valence-corrected chi connectivity index (χ2v) is 3.59. The summed E-state index contributed by atoms with van der Waals surface area (Å²) in [5.74, 6) is 2.32. The SMILES string of the molecule is C#Cc1cc2cc(C)cc(C)c2oc1=O. The predicted molar refractivity (Wildman–Crippen MR) is 59.9 cm³/mol. The van der Waals surface area contributed by atoms with Crippen LogP contribution >= 0.6 is 0 Å². The van der Waals surface area contributed by atoms with Gasteiger partial charge in [0.25, 0.3) is 0 Å². The molecule has 0 fully saturated rings. The molecule has 74 valence electrons. The Morgan fingerprint density at radius 1 is 1.27 bits per heavy atom. The van der Waals surface area contributed by atoms with Crippen molar-refractivity contribution in [3.05, 3.63) is 45.3 Å². The molecule has 0 radical (unpaired) electrons. The first kappa shape index (κ1) is 9.54. The van der Waals surface area contributed by atoms with Crippen LogP contribution in [-0.4, -0.2) is 0 Å². The number of aryl methyl sites for hydroxylation is 2. The van der Waals surface area contributed by atoms with Gasteiger partial charge in [0.1, 0.15) is 11.1 Å². The third kappa shape index (κ3) is 1.53. The molecule has 2 aromatic rings. The Morgan fingerprint density at radius 2 is 2.00 bits per heavy atom. The lowest BCUT2D eigenvalue weighted by molar-refractivity contribution is 0.556. The fraction of sp³-hybridized carbons (Fsp3) is 0.154. The average Bonchev–Trinajstić information content (AvgIpc) is 2.18. The van der Waals surface area contributed by atoms with E-state index in [0.29, 0.717) is 5.58 Å². The highest BCUT2D eigenvalue weighted by atomic mass is 16.4. The highest BCUT2D eigenvalue weighted by Crippen LogP contribution is 2.19. The molecule has 2 rings (SSSR count). The number of hydrogen-bond donors (Lipinski definition) is 0. The molecule has 1 aromatic carbocycles. The first-order valence-corrected chi connectivity index (χ1v) is 4.63. The van der Waals surface area contributed by atoms with Gasteiger partial charge in [-0.2, -0.15) is 0 Å². The quantitative estimate of drug-likeness (QED) is 0.480. The lowest BCUT2D eigenvalue weighted by atomic mass is 10.1. The van der Waals surface area contributed by atoms with Crippen molar-refractivity contribution in [2.24, 2.45) is 0 Å².